The highest BCUT2D eigenvalue weighted by molar-refractivity contribution is 5.74. The van der Waals surface area contributed by atoms with Gasteiger partial charge in [0.1, 0.15) is 5.82 Å². The van der Waals surface area contributed by atoms with E-state index in [1.165, 1.54) is 25.3 Å². The van der Waals surface area contributed by atoms with E-state index in [4.69, 9.17) is 0 Å². The summed E-state index contributed by atoms with van der Waals surface area (Å²) in [6, 6.07) is 2.88. The molecule has 2 fully saturated rings. The summed E-state index contributed by atoms with van der Waals surface area (Å²) in [7, 11) is 1.87. The fourth-order valence-corrected chi connectivity index (χ4v) is 3.90. The van der Waals surface area contributed by atoms with Crippen molar-refractivity contribution < 1.29 is 18.0 Å². The third-order valence-electron chi connectivity index (χ3n) is 5.66. The van der Waals surface area contributed by atoms with Crippen molar-refractivity contribution in [1.82, 2.24) is 15.2 Å². The highest BCUT2D eigenvalue weighted by Crippen LogP contribution is 2.30. The molecule has 27 heavy (non-hydrogen) atoms. The number of piperidine rings is 1. The van der Waals surface area contributed by atoms with Crippen LogP contribution in [0.2, 0.25) is 0 Å². The third-order valence-corrected chi connectivity index (χ3v) is 5.66. The van der Waals surface area contributed by atoms with Crippen molar-refractivity contribution in [2.45, 2.75) is 63.2 Å². The van der Waals surface area contributed by atoms with Crippen LogP contribution in [0.15, 0.2) is 18.3 Å². The van der Waals surface area contributed by atoms with E-state index in [-0.39, 0.29) is 12.1 Å². The fourth-order valence-electron chi connectivity index (χ4n) is 3.90. The number of hydrogen-bond donors (Lipinski definition) is 1. The summed E-state index contributed by atoms with van der Waals surface area (Å²) in [5, 5.41) is 3.11. The first-order valence-electron chi connectivity index (χ1n) is 9.66. The molecule has 0 aromatic carbocycles. The predicted octanol–water partition coefficient (Wildman–Crippen LogP) is 4.04. The normalized spacial score (nSPS) is 19.8. The van der Waals surface area contributed by atoms with Crippen LogP contribution >= 0.6 is 0 Å². The molecule has 2 aliphatic rings. The number of alkyl halides is 3. The van der Waals surface area contributed by atoms with E-state index in [2.05, 4.69) is 10.3 Å². The summed E-state index contributed by atoms with van der Waals surface area (Å²) in [6.45, 7) is 1.33. The first-order valence-corrected chi connectivity index (χ1v) is 9.66. The minimum Gasteiger partial charge on any atom is -0.356 e. The van der Waals surface area contributed by atoms with E-state index >= 15 is 0 Å². The lowest BCUT2D eigenvalue weighted by Crippen LogP contribution is -2.51. The quantitative estimate of drug-likeness (QED) is 0.856. The standard InChI is InChI=1S/C19H27F3N4O/c1-25(16-5-3-2-4-6-16)18(27)24-15-9-11-26(12-10-15)17-8-7-14(13-23-17)19(20,21)22/h7-8,13,15-16H,2-6,9-12H2,1H3,(H,24,27). The molecular weight excluding hydrogens is 357 g/mol. The van der Waals surface area contributed by atoms with E-state index in [1.54, 1.807) is 0 Å². The second-order valence-corrected chi connectivity index (χ2v) is 7.52. The molecule has 0 bridgehead atoms. The molecule has 5 nitrogen and oxygen atoms in total. The Morgan fingerprint density at radius 3 is 2.37 bits per heavy atom. The van der Waals surface area contributed by atoms with Crippen LogP contribution in [0, 0.1) is 0 Å². The van der Waals surface area contributed by atoms with E-state index in [9.17, 15) is 18.0 Å². The zero-order valence-corrected chi connectivity index (χ0v) is 15.6. The van der Waals surface area contributed by atoms with Crippen molar-refractivity contribution in [3.63, 3.8) is 0 Å². The first-order chi connectivity index (χ1) is 12.8. The molecule has 3 rings (SSSR count). The topological polar surface area (TPSA) is 48.5 Å². The van der Waals surface area contributed by atoms with Crippen LogP contribution in [-0.2, 0) is 6.18 Å². The molecule has 1 saturated carbocycles. The molecule has 2 amide bonds. The summed E-state index contributed by atoms with van der Waals surface area (Å²) in [4.78, 5) is 20.2. The van der Waals surface area contributed by atoms with Crippen LogP contribution in [0.3, 0.4) is 0 Å². The Balaban J connectivity index is 1.47. The van der Waals surface area contributed by atoms with Crippen LogP contribution in [0.4, 0.5) is 23.8 Å². The number of amides is 2. The number of carbonyl (C=O) groups is 1. The number of halogens is 3. The largest absolute Gasteiger partial charge is 0.417 e. The van der Waals surface area contributed by atoms with Crippen LogP contribution < -0.4 is 10.2 Å². The Morgan fingerprint density at radius 2 is 1.81 bits per heavy atom. The van der Waals surface area contributed by atoms with Gasteiger partial charge in [-0.25, -0.2) is 9.78 Å². The number of urea groups is 1. The molecule has 0 atom stereocenters. The summed E-state index contributed by atoms with van der Waals surface area (Å²) in [6.07, 6.45) is 3.78. The number of nitrogens with one attached hydrogen (secondary N) is 1. The highest BCUT2D eigenvalue weighted by Gasteiger charge is 2.31. The lowest BCUT2D eigenvalue weighted by molar-refractivity contribution is -0.137. The molecule has 1 saturated heterocycles. The zero-order valence-electron chi connectivity index (χ0n) is 15.6. The number of nitrogens with zero attached hydrogens (tertiary/aromatic N) is 3. The molecule has 1 aromatic rings. The Bertz CT molecular complexity index is 621. The van der Waals surface area contributed by atoms with Crippen molar-refractivity contribution in [3.05, 3.63) is 23.9 Å². The Labute approximate surface area is 157 Å². The van der Waals surface area contributed by atoms with Crippen molar-refractivity contribution in [2.24, 2.45) is 0 Å². The van der Waals surface area contributed by atoms with E-state index in [0.717, 1.165) is 37.9 Å². The molecule has 150 valence electrons. The summed E-state index contributed by atoms with van der Waals surface area (Å²) in [5.41, 5.74) is -0.737. The molecule has 2 heterocycles. The maximum atomic E-state index is 12.6. The average Bonchev–Trinajstić information content (AvgIpc) is 2.68. The smallest absolute Gasteiger partial charge is 0.356 e. The molecule has 8 heteroatoms. The van der Waals surface area contributed by atoms with Gasteiger partial charge in [-0.2, -0.15) is 13.2 Å². The number of carbonyl (C=O) groups excluding carboxylic acids is 1. The van der Waals surface area contributed by atoms with Crippen molar-refractivity contribution in [2.75, 3.05) is 25.0 Å². The molecule has 1 aromatic heterocycles. The van der Waals surface area contributed by atoms with Gasteiger partial charge in [0.05, 0.1) is 5.56 Å². The van der Waals surface area contributed by atoms with Gasteiger partial charge in [-0.1, -0.05) is 19.3 Å². The van der Waals surface area contributed by atoms with Crippen molar-refractivity contribution in [3.8, 4) is 0 Å². The zero-order chi connectivity index (χ0) is 19.4. The molecule has 0 spiro atoms. The van der Waals surface area contributed by atoms with Gasteiger partial charge < -0.3 is 15.1 Å². The minimum atomic E-state index is -4.37. The number of hydrogen-bond acceptors (Lipinski definition) is 3. The Kier molecular flexibility index (Phi) is 6.11. The number of rotatable bonds is 3. The Morgan fingerprint density at radius 1 is 1.15 bits per heavy atom. The van der Waals surface area contributed by atoms with Crippen LogP contribution in [0.1, 0.15) is 50.5 Å². The van der Waals surface area contributed by atoms with Gasteiger partial charge in [-0.3, -0.25) is 0 Å². The van der Waals surface area contributed by atoms with Gasteiger partial charge in [0.15, 0.2) is 0 Å². The predicted molar refractivity (Wildman–Crippen MR) is 97.6 cm³/mol. The molecule has 1 aliphatic carbocycles. The second kappa shape index (κ2) is 8.35. The number of anilines is 1. The summed E-state index contributed by atoms with van der Waals surface area (Å²) < 4.78 is 37.9. The van der Waals surface area contributed by atoms with Crippen molar-refractivity contribution >= 4 is 11.8 Å². The molecule has 1 aliphatic heterocycles. The van der Waals surface area contributed by atoms with Crippen LogP contribution in [0.5, 0.6) is 0 Å². The van der Waals surface area contributed by atoms with Gasteiger partial charge in [0.25, 0.3) is 0 Å². The summed E-state index contributed by atoms with van der Waals surface area (Å²) >= 11 is 0. The van der Waals surface area contributed by atoms with E-state index in [1.807, 2.05) is 16.8 Å². The van der Waals surface area contributed by atoms with Gasteiger partial charge in [0, 0.05) is 38.4 Å². The van der Waals surface area contributed by atoms with E-state index in [0.29, 0.717) is 24.9 Å². The molecule has 0 radical (unpaired) electrons. The highest BCUT2D eigenvalue weighted by atomic mass is 19.4. The first kappa shape index (κ1) is 19.8. The van der Waals surface area contributed by atoms with Crippen LogP contribution in [0.25, 0.3) is 0 Å². The number of pyridine rings is 1. The van der Waals surface area contributed by atoms with Crippen molar-refractivity contribution in [1.29, 1.82) is 0 Å². The fraction of sp³-hybridized carbons (Fsp3) is 0.684. The lowest BCUT2D eigenvalue weighted by atomic mass is 9.95. The maximum Gasteiger partial charge on any atom is 0.417 e. The SMILES string of the molecule is CN(C(=O)NC1CCN(c2ccc(C(F)(F)F)cn2)CC1)C1CCCCC1. The minimum absolute atomic E-state index is 0.0204. The van der Waals surface area contributed by atoms with E-state index < -0.39 is 11.7 Å². The third kappa shape index (κ3) is 5.05. The monoisotopic (exact) mass is 384 g/mol. The number of aromatic nitrogens is 1. The van der Waals surface area contributed by atoms with Gasteiger partial charge in [-0.05, 0) is 37.8 Å². The Hall–Kier alpha value is -1.99. The van der Waals surface area contributed by atoms with Gasteiger partial charge >= 0.3 is 12.2 Å². The van der Waals surface area contributed by atoms with Crippen LogP contribution in [-0.4, -0.2) is 48.1 Å². The summed E-state index contributed by atoms with van der Waals surface area (Å²) in [5.74, 6) is 0.548. The molecule has 0 unspecified atom stereocenters. The molecular formula is C19H27F3N4O. The molecule has 1 N–H and O–H groups in total. The maximum absolute atomic E-state index is 12.6. The van der Waals surface area contributed by atoms with Gasteiger partial charge in [0.2, 0.25) is 0 Å². The lowest BCUT2D eigenvalue weighted by Gasteiger charge is -2.36. The van der Waals surface area contributed by atoms with Gasteiger partial charge in [-0.15, -0.1) is 0 Å². The average molecular weight is 384 g/mol. The second-order valence-electron chi connectivity index (χ2n) is 7.52.